The molecule has 3 aliphatic rings. The SMILES string of the molecule is CCOC(=O)N1[C@H]2C=C[C@](OC)(C(=O)c3c2cc(OC)c(OC)c3OC(=O)c2ccc(F)cc2)N1C(=O)OCC. The van der Waals surface area contributed by atoms with E-state index in [1.54, 1.807) is 13.8 Å². The number of nitrogens with zero attached hydrogens (tertiary/aromatic N) is 2. The van der Waals surface area contributed by atoms with E-state index in [1.165, 1.54) is 44.6 Å². The molecule has 40 heavy (non-hydrogen) atoms. The first-order valence-electron chi connectivity index (χ1n) is 12.2. The number of amides is 2. The van der Waals surface area contributed by atoms with Crippen molar-refractivity contribution in [3.8, 4) is 17.2 Å². The fraction of sp³-hybridized carbons (Fsp3) is 0.333. The highest BCUT2D eigenvalue weighted by Crippen LogP contribution is 2.52. The first kappa shape index (κ1) is 28.4. The molecule has 0 fully saturated rings. The van der Waals surface area contributed by atoms with Gasteiger partial charge in [0.25, 0.3) is 0 Å². The zero-order valence-electron chi connectivity index (χ0n) is 22.4. The molecule has 2 bridgehead atoms. The van der Waals surface area contributed by atoms with E-state index in [1.807, 2.05) is 0 Å². The molecule has 0 aromatic heterocycles. The highest BCUT2D eigenvalue weighted by atomic mass is 19.1. The van der Waals surface area contributed by atoms with Crippen LogP contribution in [-0.2, 0) is 14.2 Å². The lowest BCUT2D eigenvalue weighted by molar-refractivity contribution is -0.158. The van der Waals surface area contributed by atoms with Crippen LogP contribution < -0.4 is 14.2 Å². The summed E-state index contributed by atoms with van der Waals surface area (Å²) in [6.07, 6.45) is 0.720. The average Bonchev–Trinajstić information content (AvgIpc) is 3.12. The number of hydrogen-bond donors (Lipinski definition) is 0. The summed E-state index contributed by atoms with van der Waals surface area (Å²) in [6.45, 7) is 3.00. The van der Waals surface area contributed by atoms with Gasteiger partial charge in [0.2, 0.25) is 17.3 Å². The number of hydrogen-bond acceptors (Lipinski definition) is 10. The number of fused-ring (bicyclic) bond motifs is 1. The third-order valence-corrected chi connectivity index (χ3v) is 6.31. The number of carbonyl (C=O) groups excluding carboxylic acids is 4. The average molecular weight is 559 g/mol. The molecule has 2 aliphatic heterocycles. The van der Waals surface area contributed by atoms with Gasteiger partial charge in [0.05, 0.1) is 38.6 Å². The number of halogens is 1. The summed E-state index contributed by atoms with van der Waals surface area (Å²) in [7, 11) is 3.76. The van der Waals surface area contributed by atoms with E-state index in [0.717, 1.165) is 29.3 Å². The van der Waals surface area contributed by atoms with Gasteiger partial charge in [0, 0.05) is 7.11 Å². The van der Waals surface area contributed by atoms with E-state index >= 15 is 0 Å². The van der Waals surface area contributed by atoms with Crippen molar-refractivity contribution >= 4 is 23.9 Å². The molecule has 13 heteroatoms. The Morgan fingerprint density at radius 1 is 0.950 bits per heavy atom. The van der Waals surface area contributed by atoms with Crippen molar-refractivity contribution in [2.24, 2.45) is 0 Å². The summed E-state index contributed by atoms with van der Waals surface area (Å²) >= 11 is 0. The van der Waals surface area contributed by atoms with Gasteiger partial charge in [0.1, 0.15) is 11.9 Å². The summed E-state index contributed by atoms with van der Waals surface area (Å²) in [4.78, 5) is 54.1. The topological polar surface area (TPSA) is 130 Å². The Balaban J connectivity index is 2.01. The number of esters is 1. The fourth-order valence-electron chi connectivity index (χ4n) is 4.57. The van der Waals surface area contributed by atoms with Gasteiger partial charge >= 0.3 is 18.2 Å². The van der Waals surface area contributed by atoms with Gasteiger partial charge in [-0.15, -0.1) is 0 Å². The van der Waals surface area contributed by atoms with E-state index < -0.39 is 41.5 Å². The van der Waals surface area contributed by atoms with Crippen molar-refractivity contribution in [2.45, 2.75) is 25.6 Å². The first-order valence-corrected chi connectivity index (χ1v) is 12.2. The van der Waals surface area contributed by atoms with Crippen LogP contribution >= 0.6 is 0 Å². The minimum atomic E-state index is -2.25. The predicted octanol–water partition coefficient (Wildman–Crippen LogP) is 4.04. The monoisotopic (exact) mass is 558 g/mol. The van der Waals surface area contributed by atoms with E-state index in [9.17, 15) is 23.6 Å². The summed E-state index contributed by atoms with van der Waals surface area (Å²) in [5, 5.41) is 1.62. The largest absolute Gasteiger partial charge is 0.493 e. The molecule has 2 aromatic carbocycles. The molecule has 0 unspecified atom stereocenters. The van der Waals surface area contributed by atoms with E-state index in [2.05, 4.69) is 0 Å². The third kappa shape index (κ3) is 4.47. The zero-order valence-corrected chi connectivity index (χ0v) is 22.4. The standard InChI is InChI=1S/C27H27FN2O10/c1-6-38-25(33)29-18-12-13-27(37-5,30(29)26(34)39-7-2)23(31)20-17(18)14-19(35-3)21(36-4)22(20)40-24(32)15-8-10-16(28)11-9-15/h8-14,18H,6-7H2,1-5H3/t18-,27-/m0/s1. The maximum absolute atomic E-state index is 14.4. The quantitative estimate of drug-likeness (QED) is 0.279. The van der Waals surface area contributed by atoms with Crippen LogP contribution in [-0.4, -0.2) is 74.2 Å². The minimum absolute atomic E-state index is 0.0232. The molecule has 0 saturated heterocycles. The summed E-state index contributed by atoms with van der Waals surface area (Å²) < 4.78 is 46.1. The van der Waals surface area contributed by atoms with Crippen molar-refractivity contribution in [3.05, 3.63) is 65.0 Å². The molecule has 212 valence electrons. The molecule has 0 saturated carbocycles. The molecular formula is C27H27FN2O10. The molecule has 0 radical (unpaired) electrons. The molecule has 2 heterocycles. The summed E-state index contributed by atoms with van der Waals surface area (Å²) in [5.41, 5.74) is -2.40. The molecular weight excluding hydrogens is 531 g/mol. The number of ketones is 1. The lowest BCUT2D eigenvalue weighted by atomic mass is 9.95. The lowest BCUT2D eigenvalue weighted by Gasteiger charge is -2.46. The predicted molar refractivity (Wildman–Crippen MR) is 135 cm³/mol. The van der Waals surface area contributed by atoms with E-state index in [-0.39, 0.29) is 47.2 Å². The number of methoxy groups -OCH3 is 3. The maximum atomic E-state index is 14.4. The van der Waals surface area contributed by atoms with Gasteiger partial charge in [0.15, 0.2) is 11.5 Å². The Kier molecular flexibility index (Phi) is 7.96. The van der Waals surface area contributed by atoms with Gasteiger partial charge in [-0.3, -0.25) is 4.79 Å². The Morgan fingerprint density at radius 3 is 2.17 bits per heavy atom. The maximum Gasteiger partial charge on any atom is 0.432 e. The van der Waals surface area contributed by atoms with Gasteiger partial charge in [-0.05, 0) is 55.8 Å². The molecule has 12 nitrogen and oxygen atoms in total. The summed E-state index contributed by atoms with van der Waals surface area (Å²) in [5.74, 6) is -2.83. The highest BCUT2D eigenvalue weighted by Gasteiger charge is 2.60. The molecule has 0 spiro atoms. The number of Topliss-reactive ketones (excluding diaryl/α,β-unsaturated/α-hetero) is 1. The Labute approximate surface area is 228 Å². The van der Waals surface area contributed by atoms with Crippen molar-refractivity contribution in [3.63, 3.8) is 0 Å². The van der Waals surface area contributed by atoms with Gasteiger partial charge in [-0.25, -0.2) is 18.8 Å². The molecule has 0 N–H and O–H groups in total. The van der Waals surface area contributed by atoms with E-state index in [0.29, 0.717) is 0 Å². The van der Waals surface area contributed by atoms with Crippen LogP contribution in [0.1, 0.15) is 46.2 Å². The second-order valence-electron chi connectivity index (χ2n) is 8.39. The number of rotatable bonds is 7. The first-order chi connectivity index (χ1) is 19.2. The van der Waals surface area contributed by atoms with Crippen LogP contribution in [0.25, 0.3) is 0 Å². The minimum Gasteiger partial charge on any atom is -0.493 e. The lowest BCUT2D eigenvalue weighted by Crippen LogP contribution is -2.66. The van der Waals surface area contributed by atoms with Crippen LogP contribution in [0.5, 0.6) is 17.2 Å². The molecule has 2 aromatic rings. The second kappa shape index (κ2) is 11.2. The van der Waals surface area contributed by atoms with E-state index in [4.69, 9.17) is 28.4 Å². The van der Waals surface area contributed by atoms with Crippen LogP contribution in [0.15, 0.2) is 42.5 Å². The fourth-order valence-corrected chi connectivity index (χ4v) is 4.57. The Hall–Kier alpha value is -4.65. The third-order valence-electron chi connectivity index (χ3n) is 6.31. The van der Waals surface area contributed by atoms with Crippen LogP contribution in [0, 0.1) is 5.82 Å². The highest BCUT2D eigenvalue weighted by molar-refractivity contribution is 6.11. The second-order valence-corrected chi connectivity index (χ2v) is 8.39. The van der Waals surface area contributed by atoms with Crippen LogP contribution in [0.3, 0.4) is 0 Å². The number of hydrazine groups is 1. The molecule has 5 rings (SSSR count). The van der Waals surface area contributed by atoms with Gasteiger partial charge < -0.3 is 28.4 Å². The number of ether oxygens (including phenoxy) is 6. The molecule has 1 aliphatic carbocycles. The van der Waals surface area contributed by atoms with Crippen molar-refractivity contribution in [1.82, 2.24) is 10.0 Å². The van der Waals surface area contributed by atoms with Crippen LogP contribution in [0.2, 0.25) is 0 Å². The zero-order chi connectivity index (χ0) is 29.2. The van der Waals surface area contributed by atoms with Crippen molar-refractivity contribution in [1.29, 1.82) is 0 Å². The van der Waals surface area contributed by atoms with Crippen molar-refractivity contribution in [2.75, 3.05) is 34.5 Å². The smallest absolute Gasteiger partial charge is 0.432 e. The van der Waals surface area contributed by atoms with Gasteiger partial charge in [-0.1, -0.05) is 6.08 Å². The van der Waals surface area contributed by atoms with Crippen LogP contribution in [0.4, 0.5) is 14.0 Å². The van der Waals surface area contributed by atoms with Crippen molar-refractivity contribution < 1.29 is 52.0 Å². The number of carbonyl (C=O) groups is 4. The molecule has 2 amide bonds. The Bertz CT molecular complexity index is 1380. The number of benzene rings is 2. The molecule has 2 atom stereocenters. The Morgan fingerprint density at radius 2 is 1.60 bits per heavy atom. The normalized spacial score (nSPS) is 19.1. The van der Waals surface area contributed by atoms with Gasteiger partial charge in [-0.2, -0.15) is 10.0 Å². The summed E-state index contributed by atoms with van der Waals surface area (Å²) in [6, 6.07) is 4.84.